The van der Waals surface area contributed by atoms with Gasteiger partial charge in [-0.25, -0.2) is 4.68 Å². The summed E-state index contributed by atoms with van der Waals surface area (Å²) in [7, 11) is 0. The Kier molecular flexibility index (Phi) is 4.70. The van der Waals surface area contributed by atoms with Crippen LogP contribution in [0.15, 0.2) is 36.5 Å². The van der Waals surface area contributed by atoms with Gasteiger partial charge in [-0.15, -0.1) is 0 Å². The van der Waals surface area contributed by atoms with Gasteiger partial charge in [-0.3, -0.25) is 4.79 Å². The Balaban J connectivity index is 1.46. The van der Waals surface area contributed by atoms with Gasteiger partial charge in [0.15, 0.2) is 0 Å². The molecule has 1 aromatic carbocycles. The van der Waals surface area contributed by atoms with E-state index in [1.165, 1.54) is 18.6 Å². The predicted molar refractivity (Wildman–Crippen MR) is 95.3 cm³/mol. The lowest BCUT2D eigenvalue weighted by Crippen LogP contribution is -2.21. The molecule has 2 saturated carbocycles. The smallest absolute Gasteiger partial charge is 0.311 e. The van der Waals surface area contributed by atoms with Crippen molar-refractivity contribution in [3.8, 4) is 0 Å². The van der Waals surface area contributed by atoms with Crippen molar-refractivity contribution >= 4 is 11.7 Å². The van der Waals surface area contributed by atoms with E-state index in [2.05, 4.69) is 10.4 Å². The van der Waals surface area contributed by atoms with Crippen molar-refractivity contribution in [2.75, 3.05) is 5.32 Å². The van der Waals surface area contributed by atoms with Crippen LogP contribution in [0.25, 0.3) is 0 Å². The third-order valence-electron chi connectivity index (χ3n) is 5.64. The van der Waals surface area contributed by atoms with Crippen LogP contribution in [0.1, 0.15) is 61.6 Å². The van der Waals surface area contributed by atoms with Crippen LogP contribution in [-0.2, 0) is 11.0 Å². The minimum atomic E-state index is -4.40. The molecule has 1 aromatic heterocycles. The Hall–Kier alpha value is -2.31. The van der Waals surface area contributed by atoms with Crippen LogP contribution in [0.3, 0.4) is 0 Å². The number of alkyl halides is 3. The molecule has 1 N–H and O–H groups in total. The van der Waals surface area contributed by atoms with Gasteiger partial charge < -0.3 is 5.32 Å². The molecule has 7 heteroatoms. The van der Waals surface area contributed by atoms with E-state index in [0.29, 0.717) is 12.2 Å². The first kappa shape index (κ1) is 18.1. The molecule has 0 bridgehead atoms. The van der Waals surface area contributed by atoms with Gasteiger partial charge in [0, 0.05) is 12.0 Å². The molecule has 144 valence electrons. The zero-order chi connectivity index (χ0) is 19.0. The Morgan fingerprint density at radius 2 is 1.85 bits per heavy atom. The second-order valence-corrected chi connectivity index (χ2v) is 7.48. The van der Waals surface area contributed by atoms with Crippen molar-refractivity contribution in [3.63, 3.8) is 0 Å². The average Bonchev–Trinajstić information content (AvgIpc) is 3.34. The summed E-state index contributed by atoms with van der Waals surface area (Å²) in [4.78, 5) is 12.6. The van der Waals surface area contributed by atoms with E-state index in [1.807, 2.05) is 4.68 Å². The first-order valence-corrected chi connectivity index (χ1v) is 9.45. The number of nitrogens with zero attached hydrogens (tertiary/aromatic N) is 2. The number of carbonyl (C=O) groups excluding carboxylic acids is 1. The number of anilines is 1. The number of carbonyl (C=O) groups is 1. The summed E-state index contributed by atoms with van der Waals surface area (Å²) in [5, 5.41) is 7.24. The SMILES string of the molecule is O=C(Nc1ccnn1C1CCCCC1)C1CC1c1ccccc1C(F)(F)F. The third-order valence-corrected chi connectivity index (χ3v) is 5.64. The highest BCUT2D eigenvalue weighted by atomic mass is 19.4. The highest BCUT2D eigenvalue weighted by Gasteiger charge is 2.48. The lowest BCUT2D eigenvalue weighted by molar-refractivity contribution is -0.138. The van der Waals surface area contributed by atoms with E-state index in [4.69, 9.17) is 0 Å². The summed E-state index contributed by atoms with van der Waals surface area (Å²) in [5.41, 5.74) is -0.427. The highest BCUT2D eigenvalue weighted by Crippen LogP contribution is 2.51. The number of benzene rings is 1. The van der Waals surface area contributed by atoms with Gasteiger partial charge in [0.05, 0.1) is 17.8 Å². The lowest BCUT2D eigenvalue weighted by atomic mass is 9.96. The van der Waals surface area contributed by atoms with E-state index in [-0.39, 0.29) is 23.4 Å². The Bertz CT molecular complexity index is 824. The second kappa shape index (κ2) is 7.02. The summed E-state index contributed by atoms with van der Waals surface area (Å²) < 4.78 is 41.5. The number of hydrogen-bond acceptors (Lipinski definition) is 2. The molecule has 2 aliphatic carbocycles. The van der Waals surface area contributed by atoms with E-state index in [9.17, 15) is 18.0 Å². The molecular formula is C20H22F3N3O. The topological polar surface area (TPSA) is 46.9 Å². The first-order valence-electron chi connectivity index (χ1n) is 9.45. The van der Waals surface area contributed by atoms with Crippen molar-refractivity contribution in [1.29, 1.82) is 0 Å². The molecule has 0 aliphatic heterocycles. The quantitative estimate of drug-likeness (QED) is 0.801. The fourth-order valence-electron chi connectivity index (χ4n) is 4.16. The van der Waals surface area contributed by atoms with Gasteiger partial charge in [-0.1, -0.05) is 37.5 Å². The standard InChI is InChI=1S/C20H22F3N3O/c21-20(22,23)17-9-5-4-8-14(17)15-12-16(15)19(27)25-18-10-11-24-26(18)13-6-2-1-3-7-13/h4-5,8-11,13,15-16H,1-3,6-7,12H2,(H,25,27). The van der Waals surface area contributed by atoms with Crippen molar-refractivity contribution in [1.82, 2.24) is 9.78 Å². The molecule has 1 heterocycles. The zero-order valence-corrected chi connectivity index (χ0v) is 14.9. The van der Waals surface area contributed by atoms with Gasteiger partial charge in [0.1, 0.15) is 5.82 Å². The highest BCUT2D eigenvalue weighted by molar-refractivity contribution is 5.94. The second-order valence-electron chi connectivity index (χ2n) is 7.48. The van der Waals surface area contributed by atoms with Crippen molar-refractivity contribution < 1.29 is 18.0 Å². The molecule has 0 radical (unpaired) electrons. The maximum Gasteiger partial charge on any atom is 0.416 e. The Labute approximate surface area is 155 Å². The largest absolute Gasteiger partial charge is 0.416 e. The molecule has 1 amide bonds. The van der Waals surface area contributed by atoms with Crippen LogP contribution >= 0.6 is 0 Å². The summed E-state index contributed by atoms with van der Waals surface area (Å²) in [6, 6.07) is 7.58. The fraction of sp³-hybridized carbons (Fsp3) is 0.500. The van der Waals surface area contributed by atoms with Gasteiger partial charge in [0.2, 0.25) is 5.91 Å². The average molecular weight is 377 g/mol. The van der Waals surface area contributed by atoms with Crippen molar-refractivity contribution in [2.24, 2.45) is 5.92 Å². The molecule has 4 rings (SSSR count). The molecule has 27 heavy (non-hydrogen) atoms. The minimum Gasteiger partial charge on any atom is -0.311 e. The molecule has 2 unspecified atom stereocenters. The molecule has 2 aliphatic rings. The number of rotatable bonds is 4. The van der Waals surface area contributed by atoms with Gasteiger partial charge in [0.25, 0.3) is 0 Å². The number of hydrogen-bond donors (Lipinski definition) is 1. The molecule has 2 aromatic rings. The number of nitrogens with one attached hydrogen (secondary N) is 1. The third kappa shape index (κ3) is 3.73. The predicted octanol–water partition coefficient (Wildman–Crippen LogP) is 5.15. The first-order chi connectivity index (χ1) is 12.9. The molecule has 4 nitrogen and oxygen atoms in total. The van der Waals surface area contributed by atoms with Crippen LogP contribution in [0.2, 0.25) is 0 Å². The van der Waals surface area contributed by atoms with E-state index in [0.717, 1.165) is 31.7 Å². The van der Waals surface area contributed by atoms with E-state index in [1.54, 1.807) is 18.3 Å². The number of halogens is 3. The number of amides is 1. The summed E-state index contributed by atoms with van der Waals surface area (Å²) in [6.07, 6.45) is 3.30. The molecule has 0 spiro atoms. The maximum atomic E-state index is 13.2. The Morgan fingerprint density at radius 3 is 2.59 bits per heavy atom. The molecule has 2 fully saturated rings. The van der Waals surface area contributed by atoms with Crippen LogP contribution in [0, 0.1) is 5.92 Å². The van der Waals surface area contributed by atoms with Gasteiger partial charge in [-0.05, 0) is 36.8 Å². The van der Waals surface area contributed by atoms with Crippen molar-refractivity contribution in [3.05, 3.63) is 47.7 Å². The number of aromatic nitrogens is 2. The fourth-order valence-corrected chi connectivity index (χ4v) is 4.16. The lowest BCUT2D eigenvalue weighted by Gasteiger charge is -2.24. The molecular weight excluding hydrogens is 355 g/mol. The summed E-state index contributed by atoms with van der Waals surface area (Å²) in [5.74, 6) is -0.395. The van der Waals surface area contributed by atoms with Gasteiger partial charge in [-0.2, -0.15) is 18.3 Å². The normalized spacial score (nSPS) is 23.2. The van der Waals surface area contributed by atoms with Crippen molar-refractivity contribution in [2.45, 2.75) is 56.7 Å². The van der Waals surface area contributed by atoms with Gasteiger partial charge >= 0.3 is 6.18 Å². The van der Waals surface area contributed by atoms with Crippen LogP contribution in [-0.4, -0.2) is 15.7 Å². The van der Waals surface area contributed by atoms with Crippen LogP contribution in [0.5, 0.6) is 0 Å². The minimum absolute atomic E-state index is 0.214. The monoisotopic (exact) mass is 377 g/mol. The summed E-state index contributed by atoms with van der Waals surface area (Å²) in [6.45, 7) is 0. The van der Waals surface area contributed by atoms with Crippen LogP contribution < -0.4 is 5.32 Å². The summed E-state index contributed by atoms with van der Waals surface area (Å²) >= 11 is 0. The van der Waals surface area contributed by atoms with E-state index >= 15 is 0 Å². The molecule has 2 atom stereocenters. The molecule has 0 saturated heterocycles. The van der Waals surface area contributed by atoms with Crippen LogP contribution in [0.4, 0.5) is 19.0 Å². The maximum absolute atomic E-state index is 13.2. The van der Waals surface area contributed by atoms with E-state index < -0.39 is 17.7 Å². The Morgan fingerprint density at radius 1 is 1.11 bits per heavy atom. The zero-order valence-electron chi connectivity index (χ0n) is 14.9.